The highest BCUT2D eigenvalue weighted by Crippen LogP contribution is 2.09. The van der Waals surface area contributed by atoms with E-state index >= 15 is 0 Å². The molecule has 0 heterocycles. The quantitative estimate of drug-likeness (QED) is 0.812. The Labute approximate surface area is 142 Å². The van der Waals surface area contributed by atoms with Crippen LogP contribution < -0.4 is 5.32 Å². The number of hydrogen-bond donors (Lipinski definition) is 1. The van der Waals surface area contributed by atoms with Gasteiger partial charge in [-0.2, -0.15) is 0 Å². The number of nitrogens with zero attached hydrogens (tertiary/aromatic N) is 1. The van der Waals surface area contributed by atoms with Gasteiger partial charge in [0.1, 0.15) is 11.4 Å². The van der Waals surface area contributed by atoms with E-state index in [4.69, 9.17) is 4.74 Å². The third kappa shape index (κ3) is 7.76. The lowest BCUT2D eigenvalue weighted by atomic mass is 10.2. The Balaban J connectivity index is 2.42. The van der Waals surface area contributed by atoms with Crippen molar-refractivity contribution in [3.8, 4) is 0 Å². The zero-order valence-electron chi connectivity index (χ0n) is 14.6. The van der Waals surface area contributed by atoms with E-state index in [0.717, 1.165) is 0 Å². The van der Waals surface area contributed by atoms with Gasteiger partial charge < -0.3 is 15.0 Å². The number of likely N-dealkylation sites (N-methyl/N-ethyl adjacent to an activating group) is 1. The van der Waals surface area contributed by atoms with Crippen molar-refractivity contribution in [3.63, 3.8) is 0 Å². The van der Waals surface area contributed by atoms with Crippen molar-refractivity contribution >= 4 is 18.1 Å². The number of hydrogen-bond acceptors (Lipinski definition) is 3. The Morgan fingerprint density at radius 2 is 2.04 bits per heavy atom. The summed E-state index contributed by atoms with van der Waals surface area (Å²) >= 11 is 0. The molecule has 0 spiro atoms. The van der Waals surface area contributed by atoms with Gasteiger partial charge in [0.05, 0.1) is 0 Å². The molecule has 0 aromatic heterocycles. The van der Waals surface area contributed by atoms with E-state index in [1.807, 2.05) is 6.92 Å². The molecule has 6 heteroatoms. The van der Waals surface area contributed by atoms with Crippen LogP contribution in [0.25, 0.3) is 6.08 Å². The van der Waals surface area contributed by atoms with E-state index in [1.165, 1.54) is 29.2 Å². The summed E-state index contributed by atoms with van der Waals surface area (Å²) in [6.07, 6.45) is 2.46. The van der Waals surface area contributed by atoms with Crippen LogP contribution in [0.2, 0.25) is 0 Å². The SMILES string of the molecule is CCN(CCNC(=O)C=Cc1cccc(F)c1)C(=O)OC(C)(C)C. The van der Waals surface area contributed by atoms with Crippen LogP contribution in [-0.2, 0) is 9.53 Å². The van der Waals surface area contributed by atoms with Crippen LogP contribution in [0, 0.1) is 5.82 Å². The van der Waals surface area contributed by atoms with Gasteiger partial charge in [0.25, 0.3) is 0 Å². The molecule has 1 aromatic rings. The van der Waals surface area contributed by atoms with Gasteiger partial charge in [-0.3, -0.25) is 4.79 Å². The highest BCUT2D eigenvalue weighted by atomic mass is 19.1. The maximum atomic E-state index is 13.0. The molecule has 0 aliphatic carbocycles. The summed E-state index contributed by atoms with van der Waals surface area (Å²) in [5.74, 6) is -0.659. The first-order chi connectivity index (χ1) is 11.2. The molecular formula is C18H25FN2O3. The highest BCUT2D eigenvalue weighted by Gasteiger charge is 2.20. The molecule has 0 atom stereocenters. The Kier molecular flexibility index (Phi) is 7.42. The number of carbonyl (C=O) groups excluding carboxylic acids is 2. The number of rotatable bonds is 6. The molecule has 2 amide bonds. The minimum absolute atomic E-state index is 0.305. The number of nitrogens with one attached hydrogen (secondary N) is 1. The number of carbonyl (C=O) groups is 2. The fraction of sp³-hybridized carbons (Fsp3) is 0.444. The summed E-state index contributed by atoms with van der Waals surface area (Å²) in [7, 11) is 0. The van der Waals surface area contributed by atoms with Crippen molar-refractivity contribution in [1.29, 1.82) is 0 Å². The molecule has 132 valence electrons. The summed E-state index contributed by atoms with van der Waals surface area (Å²) in [5.41, 5.74) is 0.0515. The third-order valence-corrected chi connectivity index (χ3v) is 2.99. The lowest BCUT2D eigenvalue weighted by Gasteiger charge is -2.26. The second-order valence-electron chi connectivity index (χ2n) is 6.24. The molecule has 0 aliphatic heterocycles. The monoisotopic (exact) mass is 336 g/mol. The van der Waals surface area contributed by atoms with Crippen molar-refractivity contribution in [3.05, 3.63) is 41.7 Å². The second kappa shape index (κ2) is 9.05. The molecule has 0 aliphatic rings. The molecule has 24 heavy (non-hydrogen) atoms. The van der Waals surface area contributed by atoms with E-state index in [0.29, 0.717) is 25.2 Å². The average molecular weight is 336 g/mol. The average Bonchev–Trinajstić information content (AvgIpc) is 2.47. The van der Waals surface area contributed by atoms with Crippen LogP contribution in [0.4, 0.5) is 9.18 Å². The van der Waals surface area contributed by atoms with Crippen LogP contribution in [0.15, 0.2) is 30.3 Å². The first kappa shape index (κ1) is 19.7. The van der Waals surface area contributed by atoms with Gasteiger partial charge in [-0.25, -0.2) is 9.18 Å². The van der Waals surface area contributed by atoms with E-state index in [1.54, 1.807) is 32.9 Å². The molecule has 1 N–H and O–H groups in total. The normalized spacial score (nSPS) is 11.4. The Bertz CT molecular complexity index is 594. The van der Waals surface area contributed by atoms with Crippen molar-refractivity contribution in [2.45, 2.75) is 33.3 Å². The van der Waals surface area contributed by atoms with E-state index in [9.17, 15) is 14.0 Å². The largest absolute Gasteiger partial charge is 0.444 e. The van der Waals surface area contributed by atoms with Crippen LogP contribution in [0.1, 0.15) is 33.3 Å². The highest BCUT2D eigenvalue weighted by molar-refractivity contribution is 5.91. The predicted molar refractivity (Wildman–Crippen MR) is 91.9 cm³/mol. The number of ether oxygens (including phenoxy) is 1. The van der Waals surface area contributed by atoms with Gasteiger partial charge >= 0.3 is 6.09 Å². The number of halogens is 1. The zero-order valence-corrected chi connectivity index (χ0v) is 14.6. The van der Waals surface area contributed by atoms with Gasteiger partial charge in [-0.1, -0.05) is 12.1 Å². The van der Waals surface area contributed by atoms with E-state index < -0.39 is 11.7 Å². The van der Waals surface area contributed by atoms with Gasteiger partial charge in [0.2, 0.25) is 5.91 Å². The summed E-state index contributed by atoms with van der Waals surface area (Å²) in [6, 6.07) is 5.96. The van der Waals surface area contributed by atoms with Gasteiger partial charge in [-0.15, -0.1) is 0 Å². The molecule has 0 fully saturated rings. The first-order valence-electron chi connectivity index (χ1n) is 7.90. The number of benzene rings is 1. The van der Waals surface area contributed by atoms with Crippen LogP contribution in [-0.4, -0.2) is 42.1 Å². The maximum absolute atomic E-state index is 13.0. The standard InChI is InChI=1S/C18H25FN2O3/c1-5-21(17(23)24-18(2,3)4)12-11-20-16(22)10-9-14-7-6-8-15(19)13-14/h6-10,13H,5,11-12H2,1-4H3,(H,20,22). The summed E-state index contributed by atoms with van der Waals surface area (Å²) in [6.45, 7) is 8.40. The second-order valence-corrected chi connectivity index (χ2v) is 6.24. The molecule has 1 rings (SSSR count). The fourth-order valence-electron chi connectivity index (χ4n) is 1.86. The smallest absolute Gasteiger partial charge is 0.410 e. The predicted octanol–water partition coefficient (Wildman–Crippen LogP) is 3.21. The topological polar surface area (TPSA) is 58.6 Å². The fourth-order valence-corrected chi connectivity index (χ4v) is 1.86. The van der Waals surface area contributed by atoms with Crippen molar-refractivity contribution in [2.24, 2.45) is 0 Å². The van der Waals surface area contributed by atoms with Crippen LogP contribution in [0.5, 0.6) is 0 Å². The lowest BCUT2D eigenvalue weighted by Crippen LogP contribution is -2.41. The van der Waals surface area contributed by atoms with Crippen molar-refractivity contribution < 1.29 is 18.7 Å². The molecule has 1 aromatic carbocycles. The number of amides is 2. The molecule has 5 nitrogen and oxygen atoms in total. The third-order valence-electron chi connectivity index (χ3n) is 2.99. The summed E-state index contributed by atoms with van der Waals surface area (Å²) in [4.78, 5) is 25.2. The molecule has 0 bridgehead atoms. The molecule has 0 unspecified atom stereocenters. The maximum Gasteiger partial charge on any atom is 0.410 e. The van der Waals surface area contributed by atoms with Gasteiger partial charge in [0, 0.05) is 25.7 Å². The van der Waals surface area contributed by atoms with Crippen molar-refractivity contribution in [1.82, 2.24) is 10.2 Å². The van der Waals surface area contributed by atoms with Crippen LogP contribution >= 0.6 is 0 Å². The minimum atomic E-state index is -0.554. The van der Waals surface area contributed by atoms with E-state index in [2.05, 4.69) is 5.32 Å². The zero-order chi connectivity index (χ0) is 18.2. The minimum Gasteiger partial charge on any atom is -0.444 e. The molecule has 0 radical (unpaired) electrons. The summed E-state index contributed by atoms with van der Waals surface area (Å²) < 4.78 is 18.3. The van der Waals surface area contributed by atoms with Crippen LogP contribution in [0.3, 0.4) is 0 Å². The Morgan fingerprint density at radius 3 is 2.62 bits per heavy atom. The molecular weight excluding hydrogens is 311 g/mol. The first-order valence-corrected chi connectivity index (χ1v) is 7.90. The van der Waals surface area contributed by atoms with E-state index in [-0.39, 0.29) is 11.7 Å². The Hall–Kier alpha value is -2.37. The van der Waals surface area contributed by atoms with Gasteiger partial charge in [-0.05, 0) is 51.5 Å². The summed E-state index contributed by atoms with van der Waals surface area (Å²) in [5, 5.41) is 2.68. The molecule has 0 saturated heterocycles. The Morgan fingerprint density at radius 1 is 1.33 bits per heavy atom. The lowest BCUT2D eigenvalue weighted by molar-refractivity contribution is -0.116. The molecule has 0 saturated carbocycles. The van der Waals surface area contributed by atoms with Crippen molar-refractivity contribution in [2.75, 3.05) is 19.6 Å². The van der Waals surface area contributed by atoms with Gasteiger partial charge in [0.15, 0.2) is 0 Å².